The minimum Gasteiger partial charge on any atom is -0.354 e. The lowest BCUT2D eigenvalue weighted by Gasteiger charge is -2.23. The molecule has 0 radical (unpaired) electrons. The van der Waals surface area contributed by atoms with Gasteiger partial charge in [0.05, 0.1) is 11.7 Å². The molecule has 0 aliphatic rings. The number of likely N-dealkylation sites (N-methyl/N-ethyl adjacent to an activating group) is 1. The van der Waals surface area contributed by atoms with Crippen molar-refractivity contribution in [1.82, 2.24) is 19.6 Å². The Morgan fingerprint density at radius 1 is 1.17 bits per heavy atom. The minimum absolute atomic E-state index is 0.00654. The fourth-order valence-electron chi connectivity index (χ4n) is 2.90. The lowest BCUT2D eigenvalue weighted by molar-refractivity contribution is -0.125. The summed E-state index contributed by atoms with van der Waals surface area (Å²) in [5.41, 5.74) is 2.06. The number of rotatable bonds is 6. The molecule has 1 aromatic carbocycles. The third kappa shape index (κ3) is 3.46. The Labute approximate surface area is 141 Å². The summed E-state index contributed by atoms with van der Waals surface area (Å²) in [5, 5.41) is 3.03. The number of aromatic nitrogens is 2. The van der Waals surface area contributed by atoms with E-state index in [1.807, 2.05) is 84.3 Å². The second kappa shape index (κ2) is 7.27. The van der Waals surface area contributed by atoms with E-state index in [1.54, 1.807) is 0 Å². The maximum Gasteiger partial charge on any atom is 0.241 e. The van der Waals surface area contributed by atoms with Crippen LogP contribution >= 0.6 is 0 Å². The quantitative estimate of drug-likeness (QED) is 0.757. The van der Waals surface area contributed by atoms with Crippen LogP contribution in [-0.2, 0) is 11.2 Å². The van der Waals surface area contributed by atoms with Crippen molar-refractivity contribution < 1.29 is 4.79 Å². The number of carbonyl (C=O) groups excluding carboxylic acids is 1. The second-order valence-electron chi connectivity index (χ2n) is 5.99. The van der Waals surface area contributed by atoms with Gasteiger partial charge in [-0.15, -0.1) is 0 Å². The average Bonchev–Trinajstić information content (AvgIpc) is 2.99. The van der Waals surface area contributed by atoms with Gasteiger partial charge < -0.3 is 9.72 Å². The van der Waals surface area contributed by atoms with Crippen LogP contribution in [-0.4, -0.2) is 40.8 Å². The van der Waals surface area contributed by atoms with Crippen LogP contribution in [0.1, 0.15) is 17.4 Å². The predicted molar refractivity (Wildman–Crippen MR) is 94.8 cm³/mol. The maximum atomic E-state index is 12.6. The molecule has 3 rings (SSSR count). The fourth-order valence-corrected chi connectivity index (χ4v) is 2.90. The van der Waals surface area contributed by atoms with Gasteiger partial charge >= 0.3 is 0 Å². The molecule has 0 aliphatic heterocycles. The zero-order chi connectivity index (χ0) is 16.9. The molecule has 0 saturated heterocycles. The van der Waals surface area contributed by atoms with Crippen molar-refractivity contribution >= 4 is 11.4 Å². The van der Waals surface area contributed by atoms with Crippen LogP contribution in [0.15, 0.2) is 60.9 Å². The molecule has 3 aromatic rings. The van der Waals surface area contributed by atoms with E-state index >= 15 is 0 Å². The SMILES string of the molecule is CN(C)C(C(=O)NCCc1ncc2ccccn12)c1ccccc1. The topological polar surface area (TPSA) is 49.6 Å². The Morgan fingerprint density at radius 3 is 2.67 bits per heavy atom. The summed E-state index contributed by atoms with van der Waals surface area (Å²) in [4.78, 5) is 19.0. The summed E-state index contributed by atoms with van der Waals surface area (Å²) in [7, 11) is 3.83. The molecule has 5 nitrogen and oxygen atoms in total. The molecule has 1 N–H and O–H groups in total. The summed E-state index contributed by atoms with van der Waals surface area (Å²) >= 11 is 0. The van der Waals surface area contributed by atoms with Gasteiger partial charge in [-0.05, 0) is 31.8 Å². The largest absolute Gasteiger partial charge is 0.354 e. The van der Waals surface area contributed by atoms with Gasteiger partial charge in [-0.2, -0.15) is 0 Å². The smallest absolute Gasteiger partial charge is 0.241 e. The Kier molecular flexibility index (Phi) is 4.91. The van der Waals surface area contributed by atoms with Crippen LogP contribution in [0.5, 0.6) is 0 Å². The average molecular weight is 322 g/mol. The fraction of sp³-hybridized carbons (Fsp3) is 0.263. The van der Waals surface area contributed by atoms with E-state index in [4.69, 9.17) is 0 Å². The van der Waals surface area contributed by atoms with E-state index in [0.29, 0.717) is 13.0 Å². The van der Waals surface area contributed by atoms with Crippen molar-refractivity contribution in [3.05, 3.63) is 72.3 Å². The van der Waals surface area contributed by atoms with Gasteiger partial charge in [0.25, 0.3) is 0 Å². The van der Waals surface area contributed by atoms with E-state index in [1.165, 1.54) is 0 Å². The molecule has 0 bridgehead atoms. The van der Waals surface area contributed by atoms with E-state index in [2.05, 4.69) is 10.3 Å². The molecular formula is C19H22N4O. The van der Waals surface area contributed by atoms with Crippen LogP contribution in [0.3, 0.4) is 0 Å². The molecule has 5 heteroatoms. The number of fused-ring (bicyclic) bond motifs is 1. The van der Waals surface area contributed by atoms with Crippen LogP contribution in [0.2, 0.25) is 0 Å². The van der Waals surface area contributed by atoms with Crippen molar-refractivity contribution in [2.75, 3.05) is 20.6 Å². The molecule has 0 aliphatic carbocycles. The number of carbonyl (C=O) groups is 1. The number of nitrogens with zero attached hydrogens (tertiary/aromatic N) is 3. The normalized spacial score (nSPS) is 12.5. The van der Waals surface area contributed by atoms with Gasteiger partial charge in [0, 0.05) is 19.2 Å². The first kappa shape index (κ1) is 16.2. The molecule has 2 heterocycles. The molecule has 124 valence electrons. The lowest BCUT2D eigenvalue weighted by Crippen LogP contribution is -2.38. The van der Waals surface area contributed by atoms with Crippen LogP contribution in [0.25, 0.3) is 5.52 Å². The summed E-state index contributed by atoms with van der Waals surface area (Å²) in [5.74, 6) is 0.957. The second-order valence-corrected chi connectivity index (χ2v) is 5.99. The van der Waals surface area contributed by atoms with Gasteiger partial charge in [-0.25, -0.2) is 4.98 Å². The van der Waals surface area contributed by atoms with Crippen molar-refractivity contribution in [3.8, 4) is 0 Å². The molecule has 0 fully saturated rings. The van der Waals surface area contributed by atoms with Crippen molar-refractivity contribution in [1.29, 1.82) is 0 Å². The van der Waals surface area contributed by atoms with Crippen molar-refractivity contribution in [2.45, 2.75) is 12.5 Å². The third-order valence-electron chi connectivity index (χ3n) is 4.04. The molecule has 24 heavy (non-hydrogen) atoms. The Balaban J connectivity index is 1.64. The number of pyridine rings is 1. The van der Waals surface area contributed by atoms with E-state index in [0.717, 1.165) is 16.9 Å². The summed E-state index contributed by atoms with van der Waals surface area (Å²) in [6.45, 7) is 0.560. The van der Waals surface area contributed by atoms with E-state index in [9.17, 15) is 4.79 Å². The zero-order valence-corrected chi connectivity index (χ0v) is 14.0. The van der Waals surface area contributed by atoms with E-state index in [-0.39, 0.29) is 11.9 Å². The Hall–Kier alpha value is -2.66. The first-order valence-corrected chi connectivity index (χ1v) is 8.07. The molecule has 1 amide bonds. The number of nitrogens with one attached hydrogen (secondary N) is 1. The minimum atomic E-state index is -0.289. The number of imidazole rings is 1. The number of hydrogen-bond acceptors (Lipinski definition) is 3. The highest BCUT2D eigenvalue weighted by molar-refractivity contribution is 5.83. The highest BCUT2D eigenvalue weighted by atomic mass is 16.2. The maximum absolute atomic E-state index is 12.6. The predicted octanol–water partition coefficient (Wildman–Crippen LogP) is 2.30. The van der Waals surface area contributed by atoms with Gasteiger partial charge in [-0.1, -0.05) is 36.4 Å². The highest BCUT2D eigenvalue weighted by Gasteiger charge is 2.22. The van der Waals surface area contributed by atoms with Crippen molar-refractivity contribution in [2.24, 2.45) is 0 Å². The first-order valence-electron chi connectivity index (χ1n) is 8.07. The summed E-state index contributed by atoms with van der Waals surface area (Å²) in [6.07, 6.45) is 4.54. The van der Waals surface area contributed by atoms with Gasteiger partial charge in [0.1, 0.15) is 11.9 Å². The Morgan fingerprint density at radius 2 is 1.92 bits per heavy atom. The molecule has 0 spiro atoms. The first-order chi connectivity index (χ1) is 11.7. The molecule has 2 aromatic heterocycles. The summed E-state index contributed by atoms with van der Waals surface area (Å²) in [6, 6.07) is 15.5. The number of hydrogen-bond donors (Lipinski definition) is 1. The zero-order valence-electron chi connectivity index (χ0n) is 14.0. The van der Waals surface area contributed by atoms with Gasteiger partial charge in [0.15, 0.2) is 0 Å². The monoisotopic (exact) mass is 322 g/mol. The molecule has 1 unspecified atom stereocenters. The van der Waals surface area contributed by atoms with Crippen LogP contribution in [0.4, 0.5) is 0 Å². The van der Waals surface area contributed by atoms with Crippen LogP contribution in [0, 0.1) is 0 Å². The van der Waals surface area contributed by atoms with Crippen LogP contribution < -0.4 is 5.32 Å². The van der Waals surface area contributed by atoms with Gasteiger partial charge in [-0.3, -0.25) is 9.69 Å². The highest BCUT2D eigenvalue weighted by Crippen LogP contribution is 2.17. The van der Waals surface area contributed by atoms with Crippen molar-refractivity contribution in [3.63, 3.8) is 0 Å². The lowest BCUT2D eigenvalue weighted by atomic mass is 10.1. The van der Waals surface area contributed by atoms with E-state index < -0.39 is 0 Å². The summed E-state index contributed by atoms with van der Waals surface area (Å²) < 4.78 is 2.05. The van der Waals surface area contributed by atoms with Gasteiger partial charge in [0.2, 0.25) is 5.91 Å². The standard InChI is InChI=1S/C19H22N4O/c1-22(2)18(15-8-4-3-5-9-15)19(24)20-12-11-17-21-14-16-10-6-7-13-23(16)17/h3-10,13-14,18H,11-12H2,1-2H3,(H,20,24). The third-order valence-corrected chi connectivity index (χ3v) is 4.04. The number of benzene rings is 1. The Bertz CT molecular complexity index is 810. The number of amides is 1. The molecule has 1 atom stereocenters. The molecule has 0 saturated carbocycles. The molecular weight excluding hydrogens is 300 g/mol.